The molecule has 0 saturated carbocycles. The second-order valence-electron chi connectivity index (χ2n) is 7.54. The Balaban J connectivity index is 1.67. The molecular weight excluding hydrogens is 422 g/mol. The summed E-state index contributed by atoms with van der Waals surface area (Å²) < 4.78 is 7.20. The third kappa shape index (κ3) is 5.64. The number of aryl methyl sites for hydroxylation is 2. The maximum atomic E-state index is 12.4. The number of hydrogen-bond acceptors (Lipinski definition) is 6. The lowest BCUT2D eigenvalue weighted by Crippen LogP contribution is -2.27. The van der Waals surface area contributed by atoms with Crippen LogP contribution in [0.1, 0.15) is 42.3 Å². The van der Waals surface area contributed by atoms with Gasteiger partial charge in [0.05, 0.1) is 18.7 Å². The van der Waals surface area contributed by atoms with Crippen molar-refractivity contribution in [2.75, 3.05) is 0 Å². The number of benzene rings is 1. The lowest BCUT2D eigenvalue weighted by atomic mass is 10.1. The molecule has 160 valence electrons. The summed E-state index contributed by atoms with van der Waals surface area (Å²) in [5.74, 6) is 2.42. The van der Waals surface area contributed by atoms with Gasteiger partial charge in [-0.25, -0.2) is 0 Å². The molecule has 0 bridgehead atoms. The second kappa shape index (κ2) is 10.1. The average Bonchev–Trinajstić information content (AvgIpc) is 3.23. The number of rotatable bonds is 9. The van der Waals surface area contributed by atoms with Gasteiger partial charge in [-0.15, -0.1) is 10.2 Å². The summed E-state index contributed by atoms with van der Waals surface area (Å²) >= 11 is 7.86. The van der Waals surface area contributed by atoms with Gasteiger partial charge < -0.3 is 14.4 Å². The number of thioether (sulfide) groups is 1. The van der Waals surface area contributed by atoms with Gasteiger partial charge in [-0.3, -0.25) is 4.79 Å². The van der Waals surface area contributed by atoms with Crippen molar-refractivity contribution >= 4 is 29.3 Å². The number of aromatic nitrogens is 4. The molecule has 0 fully saturated rings. The number of carbonyl (C=O) groups is 1. The van der Waals surface area contributed by atoms with E-state index in [0.717, 1.165) is 39.4 Å². The molecule has 0 radical (unpaired) electrons. The summed E-state index contributed by atoms with van der Waals surface area (Å²) in [5.41, 5.74) is 2.62. The second-order valence-corrected chi connectivity index (χ2v) is 8.89. The summed E-state index contributed by atoms with van der Waals surface area (Å²) in [6, 6.07) is 7.78. The predicted octanol–water partition coefficient (Wildman–Crippen LogP) is 4.34. The van der Waals surface area contributed by atoms with Crippen LogP contribution in [0.4, 0.5) is 0 Å². The van der Waals surface area contributed by atoms with Gasteiger partial charge in [-0.1, -0.05) is 60.6 Å². The molecule has 0 aliphatic rings. The molecule has 0 aliphatic heterocycles. The molecule has 7 nitrogen and oxygen atoms in total. The lowest BCUT2D eigenvalue weighted by molar-refractivity contribution is -0.120. The Morgan fingerprint density at radius 3 is 2.70 bits per heavy atom. The normalized spacial score (nSPS) is 11.3. The highest BCUT2D eigenvalue weighted by molar-refractivity contribution is 7.98. The molecule has 1 amide bonds. The van der Waals surface area contributed by atoms with Crippen molar-refractivity contribution < 1.29 is 9.32 Å². The fraction of sp³-hybridized carbons (Fsp3) is 0.429. The number of nitrogens with one attached hydrogen (secondary N) is 1. The maximum absolute atomic E-state index is 12.4. The van der Waals surface area contributed by atoms with Crippen LogP contribution in [0, 0.1) is 19.8 Å². The molecule has 3 aromatic rings. The average molecular weight is 448 g/mol. The zero-order chi connectivity index (χ0) is 21.7. The molecule has 0 atom stereocenters. The molecule has 1 aromatic carbocycles. The molecular formula is C21H26ClN5O2S. The van der Waals surface area contributed by atoms with Crippen molar-refractivity contribution in [3.63, 3.8) is 0 Å². The molecule has 0 saturated heterocycles. The van der Waals surface area contributed by atoms with Crippen LogP contribution in [0.2, 0.25) is 5.02 Å². The minimum Gasteiger partial charge on any atom is -0.361 e. The molecule has 1 N–H and O–H groups in total. The van der Waals surface area contributed by atoms with Crippen LogP contribution in [0.3, 0.4) is 0 Å². The Hall–Kier alpha value is -2.32. The van der Waals surface area contributed by atoms with E-state index in [1.807, 2.05) is 38.1 Å². The first kappa shape index (κ1) is 22.4. The van der Waals surface area contributed by atoms with E-state index < -0.39 is 0 Å². The number of amides is 1. The molecule has 3 rings (SSSR count). The highest BCUT2D eigenvalue weighted by atomic mass is 35.5. The summed E-state index contributed by atoms with van der Waals surface area (Å²) in [6.07, 6.45) is 0.230. The fourth-order valence-electron chi connectivity index (χ4n) is 3.02. The smallest absolute Gasteiger partial charge is 0.225 e. The van der Waals surface area contributed by atoms with E-state index in [1.54, 1.807) is 11.8 Å². The van der Waals surface area contributed by atoms with Crippen LogP contribution in [0.5, 0.6) is 0 Å². The van der Waals surface area contributed by atoms with Crippen LogP contribution in [-0.2, 0) is 30.1 Å². The van der Waals surface area contributed by atoms with Crippen molar-refractivity contribution in [1.82, 2.24) is 25.2 Å². The summed E-state index contributed by atoms with van der Waals surface area (Å²) in [5, 5.41) is 17.1. The minimum atomic E-state index is -0.103. The van der Waals surface area contributed by atoms with Crippen molar-refractivity contribution in [1.29, 1.82) is 0 Å². The van der Waals surface area contributed by atoms with Gasteiger partial charge >= 0.3 is 0 Å². The van der Waals surface area contributed by atoms with E-state index in [1.165, 1.54) is 0 Å². The third-order valence-corrected chi connectivity index (χ3v) is 6.00. The highest BCUT2D eigenvalue weighted by Crippen LogP contribution is 2.26. The topological polar surface area (TPSA) is 85.8 Å². The SMILES string of the molecule is Cc1noc(C)c1CC(=O)NCc1nnc(SCc2ccccc2Cl)n1CC(C)C. The minimum absolute atomic E-state index is 0.103. The van der Waals surface area contributed by atoms with Crippen LogP contribution < -0.4 is 5.32 Å². The first-order valence-corrected chi connectivity index (χ1v) is 11.2. The van der Waals surface area contributed by atoms with Crippen LogP contribution in [-0.4, -0.2) is 25.8 Å². The Morgan fingerprint density at radius 1 is 1.27 bits per heavy atom. The van der Waals surface area contributed by atoms with Crippen molar-refractivity contribution in [3.05, 3.63) is 57.7 Å². The van der Waals surface area contributed by atoms with E-state index >= 15 is 0 Å². The number of nitrogens with zero attached hydrogens (tertiary/aromatic N) is 4. The summed E-state index contributed by atoms with van der Waals surface area (Å²) in [7, 11) is 0. The summed E-state index contributed by atoms with van der Waals surface area (Å²) in [4.78, 5) is 12.4. The molecule has 2 heterocycles. The van der Waals surface area contributed by atoms with Gasteiger partial charge in [-0.2, -0.15) is 0 Å². The van der Waals surface area contributed by atoms with E-state index in [2.05, 4.69) is 39.1 Å². The monoisotopic (exact) mass is 447 g/mol. The van der Waals surface area contributed by atoms with Crippen LogP contribution in [0.15, 0.2) is 33.9 Å². The quantitative estimate of drug-likeness (QED) is 0.491. The Labute approximate surface area is 185 Å². The molecule has 0 unspecified atom stereocenters. The van der Waals surface area contributed by atoms with Crippen molar-refractivity contribution in [3.8, 4) is 0 Å². The largest absolute Gasteiger partial charge is 0.361 e. The van der Waals surface area contributed by atoms with Gasteiger partial charge in [0.1, 0.15) is 5.76 Å². The van der Waals surface area contributed by atoms with Crippen molar-refractivity contribution in [2.24, 2.45) is 5.92 Å². The Bertz CT molecular complexity index is 995. The maximum Gasteiger partial charge on any atom is 0.225 e. The third-order valence-electron chi connectivity index (χ3n) is 4.62. The van der Waals surface area contributed by atoms with E-state index in [0.29, 0.717) is 24.0 Å². The fourth-order valence-corrected chi connectivity index (χ4v) is 4.27. The number of hydrogen-bond donors (Lipinski definition) is 1. The first-order valence-electron chi connectivity index (χ1n) is 9.81. The first-order chi connectivity index (χ1) is 14.3. The van der Waals surface area contributed by atoms with E-state index in [4.69, 9.17) is 16.1 Å². The standard InChI is InChI=1S/C21H26ClN5O2S/c1-13(2)11-27-19(10-23-20(28)9-17-14(3)26-29-15(17)4)24-25-21(27)30-12-16-7-5-6-8-18(16)22/h5-8,13H,9-12H2,1-4H3,(H,23,28). The van der Waals surface area contributed by atoms with E-state index in [-0.39, 0.29) is 12.3 Å². The molecule has 0 spiro atoms. The molecule has 2 aromatic heterocycles. The lowest BCUT2D eigenvalue weighted by Gasteiger charge is -2.13. The van der Waals surface area contributed by atoms with Gasteiger partial charge in [-0.05, 0) is 31.4 Å². The van der Waals surface area contributed by atoms with Gasteiger partial charge in [0.25, 0.3) is 0 Å². The Morgan fingerprint density at radius 2 is 2.03 bits per heavy atom. The van der Waals surface area contributed by atoms with Crippen molar-refractivity contribution in [2.45, 2.75) is 58.1 Å². The Kier molecular flexibility index (Phi) is 7.55. The zero-order valence-electron chi connectivity index (χ0n) is 17.6. The van der Waals surface area contributed by atoms with Gasteiger partial charge in [0.2, 0.25) is 5.91 Å². The van der Waals surface area contributed by atoms with Gasteiger partial charge in [0, 0.05) is 22.9 Å². The van der Waals surface area contributed by atoms with Gasteiger partial charge in [0.15, 0.2) is 11.0 Å². The summed E-state index contributed by atoms with van der Waals surface area (Å²) in [6.45, 7) is 9.01. The van der Waals surface area contributed by atoms with Crippen LogP contribution >= 0.6 is 23.4 Å². The highest BCUT2D eigenvalue weighted by Gasteiger charge is 2.17. The van der Waals surface area contributed by atoms with E-state index in [9.17, 15) is 4.79 Å². The molecule has 30 heavy (non-hydrogen) atoms. The predicted molar refractivity (Wildman–Crippen MR) is 117 cm³/mol. The molecule has 0 aliphatic carbocycles. The zero-order valence-corrected chi connectivity index (χ0v) is 19.2. The van der Waals surface area contributed by atoms with Crippen LogP contribution in [0.25, 0.3) is 0 Å². The number of halogens is 1. The molecule has 9 heteroatoms. The number of carbonyl (C=O) groups excluding carboxylic acids is 1.